The van der Waals surface area contributed by atoms with Crippen molar-refractivity contribution in [3.63, 3.8) is 0 Å². The summed E-state index contributed by atoms with van der Waals surface area (Å²) in [5, 5.41) is 0. The Morgan fingerprint density at radius 1 is 1.12 bits per heavy atom. The molecule has 0 saturated carbocycles. The normalized spacial score (nSPS) is 8.31. The molecule has 0 bridgehead atoms. The Balaban J connectivity index is 2.25. The SMILES string of the molecule is CC(=O)C#CCCCC#Cc1ccccc1. The van der Waals surface area contributed by atoms with Crippen molar-refractivity contribution in [2.45, 2.75) is 26.2 Å². The summed E-state index contributed by atoms with van der Waals surface area (Å²) in [6.45, 7) is 1.47. The Morgan fingerprint density at radius 2 is 1.81 bits per heavy atom. The van der Waals surface area contributed by atoms with Gasteiger partial charge in [0.25, 0.3) is 0 Å². The van der Waals surface area contributed by atoms with Crippen LogP contribution < -0.4 is 0 Å². The van der Waals surface area contributed by atoms with E-state index in [2.05, 4.69) is 23.7 Å². The minimum Gasteiger partial charge on any atom is -0.285 e. The van der Waals surface area contributed by atoms with Crippen molar-refractivity contribution in [1.82, 2.24) is 0 Å². The summed E-state index contributed by atoms with van der Waals surface area (Å²) < 4.78 is 0. The smallest absolute Gasteiger partial charge is 0.202 e. The fourth-order valence-corrected chi connectivity index (χ4v) is 1.14. The highest BCUT2D eigenvalue weighted by Gasteiger charge is 1.83. The predicted molar refractivity (Wildman–Crippen MR) is 65.6 cm³/mol. The van der Waals surface area contributed by atoms with E-state index >= 15 is 0 Å². The van der Waals surface area contributed by atoms with Gasteiger partial charge in [-0.3, -0.25) is 4.79 Å². The Labute approximate surface area is 96.9 Å². The molecule has 0 aliphatic carbocycles. The molecule has 1 heteroatoms. The number of carbonyl (C=O) groups is 1. The van der Waals surface area contributed by atoms with E-state index in [9.17, 15) is 4.79 Å². The quantitative estimate of drug-likeness (QED) is 0.417. The van der Waals surface area contributed by atoms with E-state index in [1.165, 1.54) is 6.92 Å². The lowest BCUT2D eigenvalue weighted by Crippen LogP contribution is -1.80. The third-order valence-electron chi connectivity index (χ3n) is 1.87. The third-order valence-corrected chi connectivity index (χ3v) is 1.87. The summed E-state index contributed by atoms with van der Waals surface area (Å²) in [7, 11) is 0. The van der Waals surface area contributed by atoms with Crippen LogP contribution in [0.1, 0.15) is 31.7 Å². The molecule has 1 rings (SSSR count). The number of carbonyl (C=O) groups excluding carboxylic acids is 1. The van der Waals surface area contributed by atoms with Gasteiger partial charge in [-0.05, 0) is 24.5 Å². The number of hydrogen-bond donors (Lipinski definition) is 0. The van der Waals surface area contributed by atoms with Crippen LogP contribution in [0.15, 0.2) is 30.3 Å². The number of rotatable bonds is 2. The van der Waals surface area contributed by atoms with Crippen LogP contribution in [-0.2, 0) is 4.79 Å². The fourth-order valence-electron chi connectivity index (χ4n) is 1.14. The lowest BCUT2D eigenvalue weighted by Gasteiger charge is -1.87. The first-order valence-corrected chi connectivity index (χ1v) is 5.32. The molecule has 80 valence electrons. The summed E-state index contributed by atoms with van der Waals surface area (Å²) in [5.74, 6) is 11.4. The van der Waals surface area contributed by atoms with Gasteiger partial charge < -0.3 is 0 Å². The topological polar surface area (TPSA) is 17.1 Å². The van der Waals surface area contributed by atoms with Crippen LogP contribution in [0.4, 0.5) is 0 Å². The maximum Gasteiger partial charge on any atom is 0.202 e. The zero-order chi connectivity index (χ0) is 11.6. The summed E-state index contributed by atoms with van der Waals surface area (Å²) >= 11 is 0. The molecule has 1 aromatic carbocycles. The second-order valence-corrected chi connectivity index (χ2v) is 3.38. The molecule has 0 spiro atoms. The summed E-state index contributed by atoms with van der Waals surface area (Å²) in [6, 6.07) is 9.90. The minimum absolute atomic E-state index is 0.0737. The third kappa shape index (κ3) is 5.68. The van der Waals surface area contributed by atoms with Gasteiger partial charge in [0.15, 0.2) is 0 Å². The van der Waals surface area contributed by atoms with Crippen LogP contribution in [0.5, 0.6) is 0 Å². The van der Waals surface area contributed by atoms with Gasteiger partial charge in [0.2, 0.25) is 5.78 Å². The van der Waals surface area contributed by atoms with E-state index in [1.807, 2.05) is 30.3 Å². The van der Waals surface area contributed by atoms with Gasteiger partial charge in [-0.1, -0.05) is 36.0 Å². The van der Waals surface area contributed by atoms with E-state index in [1.54, 1.807) is 0 Å². The average molecular weight is 210 g/mol. The largest absolute Gasteiger partial charge is 0.285 e. The van der Waals surface area contributed by atoms with Gasteiger partial charge in [0.1, 0.15) is 0 Å². The van der Waals surface area contributed by atoms with Gasteiger partial charge in [-0.2, -0.15) is 0 Å². The van der Waals surface area contributed by atoms with E-state index in [4.69, 9.17) is 0 Å². The number of benzene rings is 1. The van der Waals surface area contributed by atoms with Crippen molar-refractivity contribution in [3.05, 3.63) is 35.9 Å². The van der Waals surface area contributed by atoms with Crippen LogP contribution in [0, 0.1) is 23.7 Å². The highest BCUT2D eigenvalue weighted by atomic mass is 16.1. The maximum absolute atomic E-state index is 10.5. The Kier molecular flexibility index (Phi) is 5.53. The molecule has 0 heterocycles. The fraction of sp³-hybridized carbons (Fsp3) is 0.267. The van der Waals surface area contributed by atoms with Crippen LogP contribution in [0.3, 0.4) is 0 Å². The number of unbranched alkanes of at least 4 members (excludes halogenated alkanes) is 2. The van der Waals surface area contributed by atoms with E-state index < -0.39 is 0 Å². The van der Waals surface area contributed by atoms with Gasteiger partial charge in [0.05, 0.1) is 0 Å². The van der Waals surface area contributed by atoms with Crippen LogP contribution in [0.2, 0.25) is 0 Å². The Bertz CT molecular complexity index is 449. The molecule has 0 atom stereocenters. The first-order chi connectivity index (χ1) is 7.79. The van der Waals surface area contributed by atoms with Crippen molar-refractivity contribution in [1.29, 1.82) is 0 Å². The highest BCUT2D eigenvalue weighted by Crippen LogP contribution is 1.96. The van der Waals surface area contributed by atoms with Crippen molar-refractivity contribution in [2.24, 2.45) is 0 Å². The number of hydrogen-bond acceptors (Lipinski definition) is 1. The van der Waals surface area contributed by atoms with Crippen molar-refractivity contribution < 1.29 is 4.79 Å². The predicted octanol–water partition coefficient (Wildman–Crippen LogP) is 2.80. The van der Waals surface area contributed by atoms with Gasteiger partial charge in [-0.25, -0.2) is 0 Å². The second kappa shape index (κ2) is 7.32. The maximum atomic E-state index is 10.5. The van der Waals surface area contributed by atoms with Crippen molar-refractivity contribution in [3.8, 4) is 23.7 Å². The molecular formula is C15H14O. The van der Waals surface area contributed by atoms with Crippen LogP contribution >= 0.6 is 0 Å². The van der Waals surface area contributed by atoms with Crippen LogP contribution in [-0.4, -0.2) is 5.78 Å². The monoisotopic (exact) mass is 210 g/mol. The van der Waals surface area contributed by atoms with E-state index in [0.29, 0.717) is 0 Å². The van der Waals surface area contributed by atoms with Crippen molar-refractivity contribution >= 4 is 5.78 Å². The minimum atomic E-state index is -0.0737. The number of Topliss-reactive ketones (excluding diaryl/α,β-unsaturated/α-hetero) is 1. The first kappa shape index (κ1) is 12.1. The molecule has 0 aliphatic heterocycles. The molecule has 0 N–H and O–H groups in total. The molecule has 16 heavy (non-hydrogen) atoms. The zero-order valence-corrected chi connectivity index (χ0v) is 9.42. The summed E-state index contributed by atoms with van der Waals surface area (Å²) in [6.07, 6.45) is 2.48. The van der Waals surface area contributed by atoms with Crippen molar-refractivity contribution in [2.75, 3.05) is 0 Å². The highest BCUT2D eigenvalue weighted by molar-refractivity contribution is 5.93. The molecule has 0 radical (unpaired) electrons. The molecule has 0 unspecified atom stereocenters. The van der Waals surface area contributed by atoms with E-state index in [0.717, 1.165) is 24.8 Å². The summed E-state index contributed by atoms with van der Waals surface area (Å²) in [4.78, 5) is 10.5. The Morgan fingerprint density at radius 3 is 2.50 bits per heavy atom. The van der Waals surface area contributed by atoms with Crippen LogP contribution in [0.25, 0.3) is 0 Å². The average Bonchev–Trinajstić information content (AvgIpc) is 2.29. The van der Waals surface area contributed by atoms with E-state index in [-0.39, 0.29) is 5.78 Å². The molecule has 0 fully saturated rings. The lowest BCUT2D eigenvalue weighted by molar-refractivity contribution is -0.111. The standard InChI is InChI=1S/C15H14O/c1-14(16)10-6-3-2-4-7-11-15-12-8-5-9-13-15/h5,8-9,12-13H,2-4H2,1H3. The van der Waals surface area contributed by atoms with Gasteiger partial charge in [0, 0.05) is 25.3 Å². The molecule has 0 aromatic heterocycles. The molecule has 0 amide bonds. The second-order valence-electron chi connectivity index (χ2n) is 3.38. The Hall–Kier alpha value is -1.99. The lowest BCUT2D eigenvalue weighted by atomic mass is 10.2. The zero-order valence-electron chi connectivity index (χ0n) is 9.42. The molecule has 1 nitrogen and oxygen atoms in total. The molecule has 0 saturated heterocycles. The number of ketones is 1. The molecular weight excluding hydrogens is 196 g/mol. The molecule has 1 aromatic rings. The first-order valence-electron chi connectivity index (χ1n) is 5.32. The summed E-state index contributed by atoms with van der Waals surface area (Å²) in [5.41, 5.74) is 1.04. The molecule has 0 aliphatic rings. The van der Waals surface area contributed by atoms with Gasteiger partial charge in [-0.15, -0.1) is 0 Å². The van der Waals surface area contributed by atoms with Gasteiger partial charge >= 0.3 is 0 Å².